The molecule has 7 heteroatoms. The summed E-state index contributed by atoms with van der Waals surface area (Å²) in [5.41, 5.74) is 0.631. The molecule has 0 amide bonds. The van der Waals surface area contributed by atoms with Gasteiger partial charge in [-0.3, -0.25) is 4.57 Å². The Morgan fingerprint density at radius 3 is 2.83 bits per heavy atom. The number of aromatic nitrogens is 3. The summed E-state index contributed by atoms with van der Waals surface area (Å²) in [5.74, 6) is -0.0776. The van der Waals surface area contributed by atoms with Gasteiger partial charge in [-0.25, -0.2) is 18.7 Å². The van der Waals surface area contributed by atoms with Gasteiger partial charge in [0.25, 0.3) is 0 Å². The van der Waals surface area contributed by atoms with Gasteiger partial charge in [-0.15, -0.1) is 0 Å². The largest absolute Gasteiger partial charge is 0.467 e. The number of methoxy groups -OCH3 is 1. The third-order valence-electron chi connectivity index (χ3n) is 4.13. The first-order chi connectivity index (χ1) is 11.1. The molecule has 1 unspecified atom stereocenters. The molecular formula is C16H18FN3O3. The Balaban J connectivity index is 1.82. The second kappa shape index (κ2) is 6.36. The highest BCUT2D eigenvalue weighted by molar-refractivity contribution is 5.74. The minimum absolute atomic E-state index is 0.288. The van der Waals surface area contributed by atoms with Gasteiger partial charge in [-0.1, -0.05) is 12.1 Å². The summed E-state index contributed by atoms with van der Waals surface area (Å²) >= 11 is 0. The molecular weight excluding hydrogens is 301 g/mol. The van der Waals surface area contributed by atoms with Crippen LogP contribution in [0.4, 0.5) is 4.39 Å². The number of carbonyl (C=O) groups excluding carboxylic acids is 1. The fraction of sp³-hybridized carbons (Fsp3) is 0.438. The van der Waals surface area contributed by atoms with Crippen LogP contribution >= 0.6 is 0 Å². The van der Waals surface area contributed by atoms with Crippen molar-refractivity contribution in [2.45, 2.75) is 38.3 Å². The van der Waals surface area contributed by atoms with Gasteiger partial charge < -0.3 is 4.74 Å². The standard InChI is InChI=1S/C16H18FN3O3/c1-23-15(21)13-3-2-4-14-18-19(16(22)20(13)14)10-9-11-5-7-12(17)8-6-11/h5-8,13H,2-4,9-10H2,1H3. The molecule has 1 aromatic carbocycles. The molecule has 0 saturated carbocycles. The van der Waals surface area contributed by atoms with Gasteiger partial charge in [0.15, 0.2) is 0 Å². The predicted molar refractivity (Wildman–Crippen MR) is 80.6 cm³/mol. The van der Waals surface area contributed by atoms with Crippen LogP contribution in [0, 0.1) is 5.82 Å². The lowest BCUT2D eigenvalue weighted by Crippen LogP contribution is -2.35. The van der Waals surface area contributed by atoms with Gasteiger partial charge in [0.2, 0.25) is 0 Å². The molecule has 0 radical (unpaired) electrons. The van der Waals surface area contributed by atoms with Crippen LogP contribution in [0.3, 0.4) is 0 Å². The zero-order chi connectivity index (χ0) is 16.4. The number of carbonyl (C=O) groups is 1. The highest BCUT2D eigenvalue weighted by Crippen LogP contribution is 2.22. The normalized spacial score (nSPS) is 16.9. The number of hydrogen-bond acceptors (Lipinski definition) is 4. The minimum Gasteiger partial charge on any atom is -0.467 e. The third kappa shape index (κ3) is 3.04. The second-order valence-corrected chi connectivity index (χ2v) is 5.60. The summed E-state index contributed by atoms with van der Waals surface area (Å²) < 4.78 is 20.5. The van der Waals surface area contributed by atoms with Crippen LogP contribution in [-0.4, -0.2) is 27.4 Å². The molecule has 2 heterocycles. The van der Waals surface area contributed by atoms with Crippen molar-refractivity contribution in [1.82, 2.24) is 14.3 Å². The molecule has 2 aromatic rings. The van der Waals surface area contributed by atoms with E-state index in [2.05, 4.69) is 5.10 Å². The lowest BCUT2D eigenvalue weighted by molar-refractivity contribution is -0.145. The Labute approximate surface area is 132 Å². The van der Waals surface area contributed by atoms with Crippen LogP contribution in [0.5, 0.6) is 0 Å². The molecule has 0 saturated heterocycles. The Bertz CT molecular complexity index is 764. The van der Waals surface area contributed by atoms with Crippen molar-refractivity contribution in [3.63, 3.8) is 0 Å². The average molecular weight is 319 g/mol. The monoisotopic (exact) mass is 319 g/mol. The molecule has 0 spiro atoms. The quantitative estimate of drug-likeness (QED) is 0.801. The van der Waals surface area contributed by atoms with Crippen molar-refractivity contribution < 1.29 is 13.9 Å². The summed E-state index contributed by atoms with van der Waals surface area (Å²) in [6, 6.07) is 5.57. The first-order valence-electron chi connectivity index (χ1n) is 7.60. The summed E-state index contributed by atoms with van der Waals surface area (Å²) in [5, 5.41) is 4.34. The number of esters is 1. The van der Waals surface area contributed by atoms with Crippen LogP contribution in [0.1, 0.15) is 30.3 Å². The van der Waals surface area contributed by atoms with Gasteiger partial charge in [0.05, 0.1) is 13.7 Å². The van der Waals surface area contributed by atoms with Gasteiger partial charge in [-0.05, 0) is 37.0 Å². The van der Waals surface area contributed by atoms with E-state index < -0.39 is 12.0 Å². The number of aryl methyl sites for hydroxylation is 3. The molecule has 122 valence electrons. The number of benzene rings is 1. The maximum atomic E-state index is 12.9. The van der Waals surface area contributed by atoms with Crippen LogP contribution in [0.25, 0.3) is 0 Å². The van der Waals surface area contributed by atoms with E-state index in [-0.39, 0.29) is 11.5 Å². The van der Waals surface area contributed by atoms with Crippen molar-refractivity contribution in [2.75, 3.05) is 7.11 Å². The maximum absolute atomic E-state index is 12.9. The van der Waals surface area contributed by atoms with Crippen molar-refractivity contribution in [3.05, 3.63) is 52.0 Å². The van der Waals surface area contributed by atoms with Gasteiger partial charge in [0.1, 0.15) is 17.7 Å². The SMILES string of the molecule is COC(=O)C1CCCc2nn(CCc3ccc(F)cc3)c(=O)n21. The summed E-state index contributed by atoms with van der Waals surface area (Å²) in [7, 11) is 1.32. The van der Waals surface area contributed by atoms with E-state index in [1.165, 1.54) is 28.5 Å². The lowest BCUT2D eigenvalue weighted by Gasteiger charge is -2.20. The molecule has 3 rings (SSSR count). The van der Waals surface area contributed by atoms with Crippen molar-refractivity contribution in [3.8, 4) is 0 Å². The maximum Gasteiger partial charge on any atom is 0.346 e. The number of fused-ring (bicyclic) bond motifs is 1. The van der Waals surface area contributed by atoms with Crippen LogP contribution in [0.15, 0.2) is 29.1 Å². The number of halogens is 1. The summed E-state index contributed by atoms with van der Waals surface area (Å²) in [6.07, 6.45) is 2.63. The lowest BCUT2D eigenvalue weighted by atomic mass is 10.1. The van der Waals surface area contributed by atoms with E-state index in [4.69, 9.17) is 4.74 Å². The minimum atomic E-state index is -0.587. The molecule has 1 aliphatic rings. The zero-order valence-electron chi connectivity index (χ0n) is 12.9. The predicted octanol–water partition coefficient (Wildman–Crippen LogP) is 1.48. The Kier molecular flexibility index (Phi) is 4.27. The van der Waals surface area contributed by atoms with Gasteiger partial charge >= 0.3 is 11.7 Å². The van der Waals surface area contributed by atoms with E-state index >= 15 is 0 Å². The number of ether oxygens (including phenoxy) is 1. The smallest absolute Gasteiger partial charge is 0.346 e. The Morgan fingerprint density at radius 2 is 2.13 bits per heavy atom. The van der Waals surface area contributed by atoms with E-state index in [9.17, 15) is 14.0 Å². The van der Waals surface area contributed by atoms with E-state index in [0.29, 0.717) is 31.6 Å². The number of nitrogens with zero attached hydrogens (tertiary/aromatic N) is 3. The van der Waals surface area contributed by atoms with Gasteiger partial charge in [-0.2, -0.15) is 5.10 Å². The summed E-state index contributed by atoms with van der Waals surface area (Å²) in [6.45, 7) is 0.387. The van der Waals surface area contributed by atoms with Crippen LogP contribution in [0.2, 0.25) is 0 Å². The van der Waals surface area contributed by atoms with E-state index in [1.54, 1.807) is 12.1 Å². The molecule has 1 aromatic heterocycles. The molecule has 0 aliphatic carbocycles. The average Bonchev–Trinajstić information content (AvgIpc) is 2.90. The Morgan fingerprint density at radius 1 is 1.39 bits per heavy atom. The van der Waals surface area contributed by atoms with Crippen molar-refractivity contribution in [1.29, 1.82) is 0 Å². The van der Waals surface area contributed by atoms with Crippen molar-refractivity contribution in [2.24, 2.45) is 0 Å². The number of rotatable bonds is 4. The molecule has 0 fully saturated rings. The van der Waals surface area contributed by atoms with E-state index in [0.717, 1.165) is 12.0 Å². The van der Waals surface area contributed by atoms with Gasteiger partial charge in [0, 0.05) is 6.42 Å². The molecule has 1 atom stereocenters. The fourth-order valence-electron chi connectivity index (χ4n) is 2.92. The van der Waals surface area contributed by atoms with E-state index in [1.807, 2.05) is 0 Å². The third-order valence-corrected chi connectivity index (χ3v) is 4.13. The highest BCUT2D eigenvalue weighted by atomic mass is 19.1. The zero-order valence-corrected chi connectivity index (χ0v) is 12.9. The molecule has 1 aliphatic heterocycles. The second-order valence-electron chi connectivity index (χ2n) is 5.60. The van der Waals surface area contributed by atoms with Crippen molar-refractivity contribution >= 4 is 5.97 Å². The summed E-state index contributed by atoms with van der Waals surface area (Å²) in [4.78, 5) is 24.4. The molecule has 6 nitrogen and oxygen atoms in total. The number of hydrogen-bond donors (Lipinski definition) is 0. The van der Waals surface area contributed by atoms with Crippen LogP contribution in [-0.2, 0) is 28.9 Å². The van der Waals surface area contributed by atoms with Crippen LogP contribution < -0.4 is 5.69 Å². The molecule has 0 bridgehead atoms. The topological polar surface area (TPSA) is 66.1 Å². The molecule has 23 heavy (non-hydrogen) atoms. The highest BCUT2D eigenvalue weighted by Gasteiger charge is 2.30. The molecule has 0 N–H and O–H groups in total. The Hall–Kier alpha value is -2.44. The first kappa shape index (κ1) is 15.5. The fourth-order valence-corrected chi connectivity index (χ4v) is 2.92. The first-order valence-corrected chi connectivity index (χ1v) is 7.60.